The van der Waals surface area contributed by atoms with E-state index < -0.39 is 17.4 Å². The topological polar surface area (TPSA) is 127 Å². The summed E-state index contributed by atoms with van der Waals surface area (Å²) >= 11 is 4.60. The number of carbonyl (C=O) groups excluding carboxylic acids is 3. The lowest BCUT2D eigenvalue weighted by Gasteiger charge is -2.25. The molecular formula is C24H26ClN3O6. The van der Waals surface area contributed by atoms with Crippen LogP contribution in [-0.4, -0.2) is 43.2 Å². The molecule has 9 nitrogen and oxygen atoms in total. The lowest BCUT2D eigenvalue weighted by Crippen LogP contribution is -2.36. The van der Waals surface area contributed by atoms with Crippen molar-refractivity contribution in [2.75, 3.05) is 26.1 Å². The van der Waals surface area contributed by atoms with Gasteiger partial charge in [-0.3, -0.25) is 9.59 Å². The van der Waals surface area contributed by atoms with E-state index in [2.05, 4.69) is 36.7 Å². The lowest BCUT2D eigenvalue weighted by atomic mass is 9.84. The second-order valence-electron chi connectivity index (χ2n) is 7.78. The maximum atomic E-state index is 12.6. The van der Waals surface area contributed by atoms with Gasteiger partial charge in [0.25, 0.3) is 5.91 Å². The molecular weight excluding hydrogens is 462 g/mol. The van der Waals surface area contributed by atoms with Crippen LogP contribution in [-0.2, 0) is 14.9 Å². The Hall–Kier alpha value is -3.85. The summed E-state index contributed by atoms with van der Waals surface area (Å²) in [5.74, 6) is -0.476. The first kappa shape index (κ1) is 26.4. The van der Waals surface area contributed by atoms with Gasteiger partial charge in [-0.2, -0.15) is 0 Å². The van der Waals surface area contributed by atoms with Crippen LogP contribution < -0.4 is 16.1 Å². The van der Waals surface area contributed by atoms with E-state index in [4.69, 9.17) is 0 Å². The van der Waals surface area contributed by atoms with Gasteiger partial charge in [-0.15, -0.1) is 0 Å². The van der Waals surface area contributed by atoms with Crippen molar-refractivity contribution < 1.29 is 23.9 Å². The zero-order valence-electron chi connectivity index (χ0n) is 19.2. The number of methoxy groups -OCH3 is 2. The van der Waals surface area contributed by atoms with Crippen LogP contribution in [0, 0.1) is 0 Å². The van der Waals surface area contributed by atoms with Crippen LogP contribution in [0.25, 0.3) is 10.9 Å². The second kappa shape index (κ2) is 11.9. The van der Waals surface area contributed by atoms with Gasteiger partial charge >= 0.3 is 11.5 Å². The van der Waals surface area contributed by atoms with E-state index in [0.29, 0.717) is 23.1 Å². The first-order valence-corrected chi connectivity index (χ1v) is 10.5. The number of benzene rings is 2. The summed E-state index contributed by atoms with van der Waals surface area (Å²) in [4.78, 5) is 48.8. The maximum Gasteiger partial charge on any atom is 0.406 e. The molecule has 3 N–H and O–H groups in total. The minimum atomic E-state index is -0.773. The third-order valence-electron chi connectivity index (χ3n) is 4.98. The zero-order valence-corrected chi connectivity index (χ0v) is 20.0. The number of nitrogens with one attached hydrogen (secondary N) is 3. The van der Waals surface area contributed by atoms with Crippen molar-refractivity contribution in [1.82, 2.24) is 10.3 Å². The van der Waals surface area contributed by atoms with Gasteiger partial charge in [-0.1, -0.05) is 38.1 Å². The van der Waals surface area contributed by atoms with Crippen LogP contribution in [0.2, 0.25) is 0 Å². The molecule has 0 fully saturated rings. The molecule has 0 aliphatic carbocycles. The molecule has 0 saturated carbocycles. The van der Waals surface area contributed by atoms with Crippen LogP contribution in [0.1, 0.15) is 29.8 Å². The number of carbonyl (C=O) groups is 3. The second-order valence-corrected chi connectivity index (χ2v) is 8.09. The minimum Gasteiger partial charge on any atom is -0.457 e. The summed E-state index contributed by atoms with van der Waals surface area (Å²) < 4.78 is 8.47. The third kappa shape index (κ3) is 7.08. The molecule has 0 bridgehead atoms. The molecule has 0 saturated heterocycles. The van der Waals surface area contributed by atoms with E-state index in [1.54, 1.807) is 30.3 Å². The third-order valence-corrected chi connectivity index (χ3v) is 5.13. The molecule has 1 aromatic heterocycles. The number of amides is 2. The molecule has 3 aromatic rings. The number of aromatic nitrogens is 1. The Labute approximate surface area is 201 Å². The number of aromatic amines is 1. The van der Waals surface area contributed by atoms with Crippen molar-refractivity contribution in [2.45, 2.75) is 19.3 Å². The predicted molar refractivity (Wildman–Crippen MR) is 131 cm³/mol. The van der Waals surface area contributed by atoms with Crippen molar-refractivity contribution in [3.63, 3.8) is 0 Å². The molecule has 0 radical (unpaired) electrons. The van der Waals surface area contributed by atoms with Gasteiger partial charge in [0, 0.05) is 46.3 Å². The summed E-state index contributed by atoms with van der Waals surface area (Å²) in [6, 6.07) is 14.3. The van der Waals surface area contributed by atoms with Gasteiger partial charge in [0.15, 0.2) is 0 Å². The highest BCUT2D eigenvalue weighted by Gasteiger charge is 2.22. The molecule has 0 unspecified atom stereocenters. The summed E-state index contributed by atoms with van der Waals surface area (Å²) in [5.41, 5.74) is 0.871. The number of ether oxygens (including phenoxy) is 2. The Morgan fingerprint density at radius 2 is 1.62 bits per heavy atom. The van der Waals surface area contributed by atoms with Gasteiger partial charge in [0.2, 0.25) is 5.43 Å². The molecule has 3 rings (SSSR count). The first-order chi connectivity index (χ1) is 16.1. The monoisotopic (exact) mass is 487 g/mol. The minimum absolute atomic E-state index is 0.0513. The van der Waals surface area contributed by atoms with Crippen molar-refractivity contribution in [3.8, 4) is 0 Å². The van der Waals surface area contributed by atoms with Gasteiger partial charge in [0.05, 0.1) is 14.2 Å². The van der Waals surface area contributed by atoms with E-state index in [-0.39, 0.29) is 16.4 Å². The zero-order chi connectivity index (χ0) is 25.3. The Kier molecular flexibility index (Phi) is 9.20. The number of hydrogen-bond donors (Lipinski definition) is 3. The quantitative estimate of drug-likeness (QED) is 0.458. The Morgan fingerprint density at radius 3 is 2.21 bits per heavy atom. The van der Waals surface area contributed by atoms with Crippen molar-refractivity contribution in [2.24, 2.45) is 0 Å². The Bertz CT molecular complexity index is 1220. The molecule has 10 heteroatoms. The van der Waals surface area contributed by atoms with Crippen LogP contribution in [0.4, 0.5) is 15.3 Å². The molecule has 180 valence electrons. The van der Waals surface area contributed by atoms with Gasteiger partial charge in [-0.25, -0.2) is 9.59 Å². The summed E-state index contributed by atoms with van der Waals surface area (Å²) in [7, 11) is 2.54. The average Bonchev–Trinajstić information content (AvgIpc) is 2.83. The highest BCUT2D eigenvalue weighted by atomic mass is 35.5. The standard InChI is InChI=1S/C22H23N3O4.C2H3ClO2/c1-22(2,13-24-21(28)29-3)14-8-10-15(11-9-14)25-20(27)17-12-23-18-7-5-4-6-16(18)19(17)26;1-5-2(3)4/h4-12H,13H2,1-3H3,(H,23,26)(H,24,28)(H,25,27);1H3. The number of pyridine rings is 1. The van der Waals surface area contributed by atoms with Gasteiger partial charge < -0.3 is 25.1 Å². The molecule has 0 atom stereocenters. The molecule has 2 amide bonds. The van der Waals surface area contributed by atoms with Crippen molar-refractivity contribution >= 4 is 45.6 Å². The number of fused-ring (bicyclic) bond motifs is 1. The Balaban J connectivity index is 0.000000739. The summed E-state index contributed by atoms with van der Waals surface area (Å²) in [6.07, 6.45) is 0.943. The Morgan fingerprint density at radius 1 is 1.00 bits per heavy atom. The van der Waals surface area contributed by atoms with Crippen molar-refractivity contribution in [3.05, 3.63) is 76.1 Å². The number of H-pyrrole nitrogens is 1. The van der Waals surface area contributed by atoms with Gasteiger partial charge in [-0.05, 0) is 29.8 Å². The molecule has 0 spiro atoms. The molecule has 0 aliphatic rings. The van der Waals surface area contributed by atoms with Crippen LogP contribution in [0.3, 0.4) is 0 Å². The predicted octanol–water partition coefficient (Wildman–Crippen LogP) is 4.41. The number of halogens is 1. The molecule has 34 heavy (non-hydrogen) atoms. The smallest absolute Gasteiger partial charge is 0.406 e. The normalized spacial score (nSPS) is 10.5. The molecule has 2 aromatic carbocycles. The summed E-state index contributed by atoms with van der Waals surface area (Å²) in [6.45, 7) is 4.38. The average molecular weight is 488 g/mol. The summed E-state index contributed by atoms with van der Waals surface area (Å²) in [5, 5.41) is 5.91. The number of alkyl carbamates (subject to hydrolysis) is 1. The first-order valence-electron chi connectivity index (χ1n) is 10.2. The highest BCUT2D eigenvalue weighted by molar-refractivity contribution is 6.61. The van der Waals surface area contributed by atoms with E-state index in [0.717, 1.165) is 5.56 Å². The SMILES string of the molecule is COC(=O)Cl.COC(=O)NCC(C)(C)c1ccc(NC(=O)c2c[nH]c3ccccc3c2=O)cc1. The fraction of sp³-hybridized carbons (Fsp3) is 0.250. The van der Waals surface area contributed by atoms with E-state index >= 15 is 0 Å². The largest absolute Gasteiger partial charge is 0.457 e. The number of rotatable bonds is 5. The highest BCUT2D eigenvalue weighted by Crippen LogP contribution is 2.24. The molecule has 0 aliphatic heterocycles. The van der Waals surface area contributed by atoms with Crippen LogP contribution in [0.15, 0.2) is 59.5 Å². The van der Waals surface area contributed by atoms with Crippen molar-refractivity contribution in [1.29, 1.82) is 0 Å². The van der Waals surface area contributed by atoms with Gasteiger partial charge in [0.1, 0.15) is 5.56 Å². The lowest BCUT2D eigenvalue weighted by molar-refractivity contribution is 0.102. The number of anilines is 1. The molecule has 1 heterocycles. The van der Waals surface area contributed by atoms with E-state index in [1.165, 1.54) is 20.4 Å². The number of hydrogen-bond acceptors (Lipinski definition) is 6. The fourth-order valence-electron chi connectivity index (χ4n) is 3.01. The van der Waals surface area contributed by atoms with Crippen LogP contribution >= 0.6 is 11.6 Å². The fourth-order valence-corrected chi connectivity index (χ4v) is 3.01. The maximum absolute atomic E-state index is 12.6. The van der Waals surface area contributed by atoms with Crippen LogP contribution in [0.5, 0.6) is 0 Å². The number of para-hydroxylation sites is 1. The van der Waals surface area contributed by atoms with E-state index in [1.807, 2.05) is 32.0 Å². The van der Waals surface area contributed by atoms with E-state index in [9.17, 15) is 19.2 Å².